The molecule has 40 heavy (non-hydrogen) atoms. The molecule has 0 bridgehead atoms. The topological polar surface area (TPSA) is 60.7 Å². The largest absolute Gasteiger partial charge is 0.396 e. The highest BCUT2D eigenvalue weighted by molar-refractivity contribution is 5.43. The summed E-state index contributed by atoms with van der Waals surface area (Å²) in [7, 11) is 0. The average Bonchev–Trinajstić information content (AvgIpc) is 2.93. The zero-order valence-electron chi connectivity index (χ0n) is 25.2. The van der Waals surface area contributed by atoms with Crippen LogP contribution in [0.2, 0.25) is 0 Å². The first-order valence-corrected chi connectivity index (χ1v) is 15.4. The fourth-order valence-corrected chi connectivity index (χ4v) is 6.32. The smallest absolute Gasteiger partial charge is 0.0433 e. The molecule has 0 spiro atoms. The maximum Gasteiger partial charge on any atom is 0.0433 e. The zero-order chi connectivity index (χ0) is 28.9. The molecule has 0 saturated carbocycles. The van der Waals surface area contributed by atoms with Crippen LogP contribution >= 0.6 is 0 Å². The maximum atomic E-state index is 9.57. The monoisotopic (exact) mass is 544 g/mol. The Bertz CT molecular complexity index is 1080. The summed E-state index contributed by atoms with van der Waals surface area (Å²) in [6, 6.07) is 26.7. The summed E-state index contributed by atoms with van der Waals surface area (Å²) in [5.74, 6) is 1.87. The van der Waals surface area contributed by atoms with E-state index in [1.165, 1.54) is 33.4 Å². The molecule has 4 atom stereocenters. The van der Waals surface area contributed by atoms with E-state index in [4.69, 9.17) is 0 Å². The van der Waals surface area contributed by atoms with Crippen LogP contribution in [0.5, 0.6) is 0 Å². The molecule has 0 aromatic heterocycles. The third kappa shape index (κ3) is 9.29. The molecule has 0 amide bonds. The van der Waals surface area contributed by atoms with Gasteiger partial charge in [-0.05, 0) is 102 Å². The van der Waals surface area contributed by atoms with Crippen molar-refractivity contribution in [1.29, 1.82) is 0 Å². The Labute approximate surface area is 243 Å². The van der Waals surface area contributed by atoms with E-state index in [0.717, 1.165) is 44.9 Å². The van der Waals surface area contributed by atoms with Crippen LogP contribution in [0.25, 0.3) is 0 Å². The highest BCUT2D eigenvalue weighted by Crippen LogP contribution is 2.40. The summed E-state index contributed by atoms with van der Waals surface area (Å²) in [5.41, 5.74) is 8.35. The Morgan fingerprint density at radius 3 is 1.18 bits per heavy atom. The van der Waals surface area contributed by atoms with Gasteiger partial charge in [-0.3, -0.25) is 0 Å². The average molecular weight is 545 g/mol. The minimum atomic E-state index is 0.223. The Balaban J connectivity index is 2.05. The van der Waals surface area contributed by atoms with Gasteiger partial charge < -0.3 is 15.3 Å². The van der Waals surface area contributed by atoms with Gasteiger partial charge in [0.25, 0.3) is 0 Å². The quantitative estimate of drug-likeness (QED) is 0.163. The molecular weight excluding hydrogens is 492 g/mol. The van der Waals surface area contributed by atoms with Crippen molar-refractivity contribution in [1.82, 2.24) is 0 Å². The second-order valence-electron chi connectivity index (χ2n) is 12.3. The molecule has 0 aliphatic carbocycles. The first-order valence-electron chi connectivity index (χ1n) is 15.4. The Morgan fingerprint density at radius 2 is 0.800 bits per heavy atom. The molecule has 0 saturated heterocycles. The van der Waals surface area contributed by atoms with Crippen molar-refractivity contribution >= 4 is 0 Å². The van der Waals surface area contributed by atoms with Crippen molar-refractivity contribution in [3.8, 4) is 0 Å². The maximum absolute atomic E-state index is 9.57. The van der Waals surface area contributed by atoms with Gasteiger partial charge >= 0.3 is 0 Å². The third-order valence-corrected chi connectivity index (χ3v) is 8.61. The molecule has 3 heteroatoms. The van der Waals surface area contributed by atoms with Gasteiger partial charge in [-0.15, -0.1) is 0 Å². The molecule has 3 aromatic rings. The number of aliphatic hydroxyl groups is 3. The van der Waals surface area contributed by atoms with Crippen LogP contribution in [0.15, 0.2) is 72.8 Å². The van der Waals surface area contributed by atoms with E-state index in [9.17, 15) is 15.3 Å². The lowest BCUT2D eigenvalue weighted by molar-refractivity contribution is 0.261. The Hall–Kier alpha value is -2.46. The predicted octanol–water partition coefficient (Wildman–Crippen LogP) is 7.70. The number of hydrogen-bond donors (Lipinski definition) is 3. The lowest BCUT2D eigenvalue weighted by atomic mass is 9.75. The SMILES string of the molecule is CC(CCO)Cc1ccccc1C(C)CC(c1ccccc1CC(C)CCO)c1ccccc1CC(C)CCO. The van der Waals surface area contributed by atoms with Crippen LogP contribution in [-0.4, -0.2) is 35.1 Å². The number of benzene rings is 3. The lowest BCUT2D eigenvalue weighted by Gasteiger charge is -2.29. The molecule has 218 valence electrons. The number of rotatable bonds is 17. The molecule has 0 aliphatic heterocycles. The highest BCUT2D eigenvalue weighted by atomic mass is 16.3. The van der Waals surface area contributed by atoms with Crippen molar-refractivity contribution in [2.24, 2.45) is 17.8 Å². The lowest BCUT2D eigenvalue weighted by Crippen LogP contribution is -2.15. The molecule has 3 N–H and O–H groups in total. The van der Waals surface area contributed by atoms with Gasteiger partial charge in [0.15, 0.2) is 0 Å². The van der Waals surface area contributed by atoms with E-state index in [-0.39, 0.29) is 25.7 Å². The van der Waals surface area contributed by atoms with Crippen molar-refractivity contribution in [3.63, 3.8) is 0 Å². The van der Waals surface area contributed by atoms with Gasteiger partial charge in [-0.25, -0.2) is 0 Å². The van der Waals surface area contributed by atoms with E-state index >= 15 is 0 Å². The van der Waals surface area contributed by atoms with Crippen LogP contribution in [0.4, 0.5) is 0 Å². The molecule has 0 radical (unpaired) electrons. The molecule has 3 aromatic carbocycles. The molecule has 3 nitrogen and oxygen atoms in total. The second kappa shape index (κ2) is 16.7. The predicted molar refractivity (Wildman–Crippen MR) is 168 cm³/mol. The summed E-state index contributed by atoms with van der Waals surface area (Å²) in [6.45, 7) is 9.75. The van der Waals surface area contributed by atoms with Crippen molar-refractivity contribution in [3.05, 3.63) is 106 Å². The van der Waals surface area contributed by atoms with E-state index in [1.807, 2.05) is 0 Å². The molecular formula is C37H52O3. The van der Waals surface area contributed by atoms with Crippen molar-refractivity contribution in [2.75, 3.05) is 19.8 Å². The van der Waals surface area contributed by atoms with Gasteiger partial charge in [-0.1, -0.05) is 100 Å². The Morgan fingerprint density at radius 1 is 0.475 bits per heavy atom. The minimum Gasteiger partial charge on any atom is -0.396 e. The first-order chi connectivity index (χ1) is 19.4. The van der Waals surface area contributed by atoms with Gasteiger partial charge in [-0.2, -0.15) is 0 Å². The van der Waals surface area contributed by atoms with Gasteiger partial charge in [0, 0.05) is 25.7 Å². The van der Waals surface area contributed by atoms with E-state index < -0.39 is 0 Å². The normalized spacial score (nSPS) is 15.4. The van der Waals surface area contributed by atoms with E-state index in [0.29, 0.717) is 23.7 Å². The highest BCUT2D eigenvalue weighted by Gasteiger charge is 2.25. The molecule has 4 unspecified atom stereocenters. The summed E-state index contributed by atoms with van der Waals surface area (Å²) in [5, 5.41) is 28.6. The standard InChI is InChI=1S/C37H52O3/c1-27(17-20-38)23-31-11-5-8-14-34(31)30(4)26-37(35-15-9-6-12-32(35)24-28(2)18-21-39)36-16-10-7-13-33(36)25-29(3)19-22-40/h5-16,27-30,37-40H,17-26H2,1-4H3. The van der Waals surface area contributed by atoms with Gasteiger partial charge in [0.2, 0.25) is 0 Å². The summed E-state index contributed by atoms with van der Waals surface area (Å²) in [6.07, 6.45) is 6.34. The number of hydrogen-bond acceptors (Lipinski definition) is 3. The molecule has 0 fully saturated rings. The summed E-state index contributed by atoms with van der Waals surface area (Å²) in [4.78, 5) is 0. The minimum absolute atomic E-state index is 0.223. The van der Waals surface area contributed by atoms with Crippen LogP contribution in [0, 0.1) is 17.8 Å². The fourth-order valence-electron chi connectivity index (χ4n) is 6.32. The van der Waals surface area contributed by atoms with Crippen LogP contribution in [0.1, 0.15) is 98.6 Å². The van der Waals surface area contributed by atoms with Crippen LogP contribution in [0.3, 0.4) is 0 Å². The second-order valence-corrected chi connectivity index (χ2v) is 12.3. The van der Waals surface area contributed by atoms with Crippen LogP contribution < -0.4 is 0 Å². The van der Waals surface area contributed by atoms with Crippen LogP contribution in [-0.2, 0) is 19.3 Å². The first kappa shape index (κ1) is 32.1. The summed E-state index contributed by atoms with van der Waals surface area (Å²) >= 11 is 0. The Kier molecular flexibility index (Phi) is 13.4. The van der Waals surface area contributed by atoms with E-state index in [2.05, 4.69) is 100 Å². The third-order valence-electron chi connectivity index (χ3n) is 8.61. The van der Waals surface area contributed by atoms with Crippen molar-refractivity contribution in [2.45, 2.75) is 84.5 Å². The van der Waals surface area contributed by atoms with Gasteiger partial charge in [0.1, 0.15) is 0 Å². The zero-order valence-corrected chi connectivity index (χ0v) is 25.2. The number of aliphatic hydroxyl groups excluding tert-OH is 3. The molecule has 0 aliphatic rings. The van der Waals surface area contributed by atoms with Gasteiger partial charge in [0.05, 0.1) is 0 Å². The van der Waals surface area contributed by atoms with E-state index in [1.54, 1.807) is 0 Å². The summed E-state index contributed by atoms with van der Waals surface area (Å²) < 4.78 is 0. The van der Waals surface area contributed by atoms with Crippen molar-refractivity contribution < 1.29 is 15.3 Å². The molecule has 3 rings (SSSR count). The fraction of sp³-hybridized carbons (Fsp3) is 0.514. The molecule has 0 heterocycles.